The van der Waals surface area contributed by atoms with E-state index in [0.29, 0.717) is 4.47 Å². The van der Waals surface area contributed by atoms with Crippen molar-refractivity contribution in [1.82, 2.24) is 4.98 Å². The molecule has 1 heterocycles. The fourth-order valence-corrected chi connectivity index (χ4v) is 1.72. The summed E-state index contributed by atoms with van der Waals surface area (Å²) in [5, 5.41) is 10.8. The third kappa shape index (κ3) is 1.27. The molecular weight excluding hydrogens is 255 g/mol. The molecule has 1 aromatic carbocycles. The van der Waals surface area contributed by atoms with E-state index < -0.39 is 10.7 Å². The minimum Gasteiger partial charge on any atom is -0.353 e. The summed E-state index contributed by atoms with van der Waals surface area (Å²) in [6.07, 6.45) is 1.18. The molecule has 2 aromatic rings. The Balaban J connectivity index is 2.85. The molecule has 0 saturated carbocycles. The zero-order valence-electron chi connectivity index (χ0n) is 6.75. The second-order valence-corrected chi connectivity index (χ2v) is 3.66. The first-order chi connectivity index (χ1) is 6.59. The Bertz CT molecular complexity index is 523. The van der Waals surface area contributed by atoms with Gasteiger partial charge in [-0.25, -0.2) is 4.39 Å². The molecule has 0 aliphatic carbocycles. The lowest BCUT2D eigenvalue weighted by atomic mass is 10.2. The van der Waals surface area contributed by atoms with E-state index in [4.69, 9.17) is 0 Å². The Morgan fingerprint density at radius 2 is 2.21 bits per heavy atom. The predicted octanol–water partition coefficient (Wildman–Crippen LogP) is 2.98. The number of aromatic amines is 1. The van der Waals surface area contributed by atoms with Gasteiger partial charge in [0.1, 0.15) is 5.82 Å². The molecule has 0 spiro atoms. The van der Waals surface area contributed by atoms with Crippen molar-refractivity contribution in [3.8, 4) is 0 Å². The summed E-state index contributed by atoms with van der Waals surface area (Å²) in [5.74, 6) is -0.512. The molecule has 0 bridgehead atoms. The van der Waals surface area contributed by atoms with Gasteiger partial charge in [0.05, 0.1) is 22.0 Å². The van der Waals surface area contributed by atoms with Crippen LogP contribution in [-0.2, 0) is 0 Å². The van der Waals surface area contributed by atoms with Crippen molar-refractivity contribution >= 4 is 32.5 Å². The molecule has 14 heavy (non-hydrogen) atoms. The van der Waals surface area contributed by atoms with Gasteiger partial charge in [-0.2, -0.15) is 0 Å². The van der Waals surface area contributed by atoms with Crippen molar-refractivity contribution in [3.63, 3.8) is 0 Å². The summed E-state index contributed by atoms with van der Waals surface area (Å²) < 4.78 is 13.7. The maximum absolute atomic E-state index is 13.2. The quantitative estimate of drug-likeness (QED) is 0.632. The predicted molar refractivity (Wildman–Crippen MR) is 52.6 cm³/mol. The highest BCUT2D eigenvalue weighted by Gasteiger charge is 2.16. The van der Waals surface area contributed by atoms with Gasteiger partial charge in [0.2, 0.25) is 0 Å². The summed E-state index contributed by atoms with van der Waals surface area (Å²) in [6.45, 7) is 0. The maximum atomic E-state index is 13.2. The number of halogens is 2. The second kappa shape index (κ2) is 3.06. The molecule has 0 atom stereocenters. The van der Waals surface area contributed by atoms with Crippen LogP contribution >= 0.6 is 15.9 Å². The number of nitro groups is 1. The van der Waals surface area contributed by atoms with Gasteiger partial charge >= 0.3 is 0 Å². The van der Waals surface area contributed by atoms with Crippen molar-refractivity contribution in [2.24, 2.45) is 0 Å². The zero-order valence-corrected chi connectivity index (χ0v) is 8.34. The Morgan fingerprint density at radius 1 is 1.50 bits per heavy atom. The highest BCUT2D eigenvalue weighted by atomic mass is 79.9. The average Bonchev–Trinajstić information content (AvgIpc) is 2.47. The minimum absolute atomic E-state index is 0.125. The molecule has 1 N–H and O–H groups in total. The average molecular weight is 259 g/mol. The highest BCUT2D eigenvalue weighted by Crippen LogP contribution is 2.29. The van der Waals surface area contributed by atoms with Crippen molar-refractivity contribution < 1.29 is 9.31 Å². The molecule has 0 amide bonds. The Hall–Kier alpha value is -1.43. The van der Waals surface area contributed by atoms with Crippen LogP contribution < -0.4 is 0 Å². The van der Waals surface area contributed by atoms with Gasteiger partial charge in [-0.05, 0) is 12.1 Å². The van der Waals surface area contributed by atoms with E-state index in [-0.39, 0.29) is 16.6 Å². The number of nitrogens with zero attached hydrogens (tertiary/aromatic N) is 1. The lowest BCUT2D eigenvalue weighted by Gasteiger charge is -1.94. The van der Waals surface area contributed by atoms with E-state index in [9.17, 15) is 14.5 Å². The number of fused-ring (bicyclic) bond motifs is 1. The summed E-state index contributed by atoms with van der Waals surface area (Å²) in [5.41, 5.74) is 0.0279. The molecular formula is C8H4BrFN2O2. The van der Waals surface area contributed by atoms with Gasteiger partial charge in [0.25, 0.3) is 5.69 Å². The normalized spacial score (nSPS) is 10.7. The van der Waals surface area contributed by atoms with Gasteiger partial charge in [0.15, 0.2) is 0 Å². The Labute approximate surface area is 86.0 Å². The maximum Gasteiger partial charge on any atom is 0.294 e. The monoisotopic (exact) mass is 258 g/mol. The number of H-pyrrole nitrogens is 1. The van der Waals surface area contributed by atoms with Crippen molar-refractivity contribution in [2.45, 2.75) is 0 Å². The fraction of sp³-hybridized carbons (Fsp3) is 0. The topological polar surface area (TPSA) is 58.9 Å². The van der Waals surface area contributed by atoms with Crippen LogP contribution in [0.2, 0.25) is 0 Å². The highest BCUT2D eigenvalue weighted by molar-refractivity contribution is 9.10. The number of nitrogens with one attached hydrogen (secondary N) is 1. The number of hydrogen-bond donors (Lipinski definition) is 1. The van der Waals surface area contributed by atoms with Gasteiger partial charge in [-0.1, -0.05) is 15.9 Å². The van der Waals surface area contributed by atoms with Gasteiger partial charge < -0.3 is 4.98 Å². The van der Waals surface area contributed by atoms with Gasteiger partial charge in [0, 0.05) is 4.47 Å². The van der Waals surface area contributed by atoms with Crippen LogP contribution in [0.1, 0.15) is 0 Å². The molecule has 2 rings (SSSR count). The lowest BCUT2D eigenvalue weighted by Crippen LogP contribution is -1.85. The van der Waals surface area contributed by atoms with Crippen LogP contribution in [0, 0.1) is 15.9 Å². The number of rotatable bonds is 1. The smallest absolute Gasteiger partial charge is 0.294 e. The molecule has 0 radical (unpaired) electrons. The zero-order chi connectivity index (χ0) is 10.3. The van der Waals surface area contributed by atoms with E-state index >= 15 is 0 Å². The summed E-state index contributed by atoms with van der Waals surface area (Å²) in [4.78, 5) is 12.5. The van der Waals surface area contributed by atoms with E-state index in [1.807, 2.05) is 0 Å². The molecule has 0 aliphatic heterocycles. The fourth-order valence-electron chi connectivity index (χ4n) is 1.29. The van der Waals surface area contributed by atoms with E-state index in [0.717, 1.165) is 0 Å². The third-order valence-corrected chi connectivity index (χ3v) is 2.34. The standard InChI is InChI=1S/C8H4BrFN2O2/c9-4-1-5-7(12(13)14)3-11-8(5)6(10)2-4/h1-3,11H. The van der Waals surface area contributed by atoms with E-state index in [2.05, 4.69) is 20.9 Å². The summed E-state index contributed by atoms with van der Waals surface area (Å²) >= 11 is 3.07. The van der Waals surface area contributed by atoms with Crippen molar-refractivity contribution in [2.75, 3.05) is 0 Å². The molecule has 4 nitrogen and oxygen atoms in total. The number of hydrogen-bond acceptors (Lipinski definition) is 2. The first-order valence-corrected chi connectivity index (χ1v) is 4.49. The second-order valence-electron chi connectivity index (χ2n) is 2.74. The largest absolute Gasteiger partial charge is 0.353 e. The molecule has 0 aliphatic rings. The van der Waals surface area contributed by atoms with Crippen molar-refractivity contribution in [1.29, 1.82) is 0 Å². The van der Waals surface area contributed by atoms with Gasteiger partial charge in [-0.15, -0.1) is 0 Å². The van der Waals surface area contributed by atoms with Crippen LogP contribution in [-0.4, -0.2) is 9.91 Å². The number of aromatic nitrogens is 1. The third-order valence-electron chi connectivity index (χ3n) is 1.88. The van der Waals surface area contributed by atoms with E-state index in [1.165, 1.54) is 18.3 Å². The first-order valence-electron chi connectivity index (χ1n) is 3.70. The summed E-state index contributed by atoms with van der Waals surface area (Å²) in [7, 11) is 0. The molecule has 0 fully saturated rings. The minimum atomic E-state index is -0.551. The molecule has 6 heteroatoms. The van der Waals surface area contributed by atoms with Crippen LogP contribution in [0.3, 0.4) is 0 Å². The molecule has 0 unspecified atom stereocenters. The van der Waals surface area contributed by atoms with Crippen molar-refractivity contribution in [3.05, 3.63) is 38.7 Å². The van der Waals surface area contributed by atoms with Crippen LogP contribution in [0.4, 0.5) is 10.1 Å². The van der Waals surface area contributed by atoms with Crippen LogP contribution in [0.15, 0.2) is 22.8 Å². The lowest BCUT2D eigenvalue weighted by molar-refractivity contribution is -0.383. The SMILES string of the molecule is O=[N+]([O-])c1c[nH]c2c(F)cc(Br)cc12. The van der Waals surface area contributed by atoms with E-state index in [1.54, 1.807) is 0 Å². The first kappa shape index (κ1) is 9.14. The molecule has 72 valence electrons. The Kier molecular flexibility index (Phi) is 1.99. The molecule has 0 saturated heterocycles. The van der Waals surface area contributed by atoms with Crippen LogP contribution in [0.5, 0.6) is 0 Å². The Morgan fingerprint density at radius 3 is 2.86 bits per heavy atom. The molecule has 1 aromatic heterocycles. The number of benzene rings is 1. The van der Waals surface area contributed by atoms with Gasteiger partial charge in [-0.3, -0.25) is 10.1 Å². The van der Waals surface area contributed by atoms with Crippen LogP contribution in [0.25, 0.3) is 10.9 Å². The summed E-state index contributed by atoms with van der Waals surface area (Å²) in [6, 6.07) is 2.76.